The van der Waals surface area contributed by atoms with E-state index >= 15 is 0 Å². The molecule has 1 heterocycles. The highest BCUT2D eigenvalue weighted by molar-refractivity contribution is 7.98. The van der Waals surface area contributed by atoms with E-state index in [4.69, 9.17) is 16.0 Å². The molecule has 0 saturated heterocycles. The van der Waals surface area contributed by atoms with E-state index in [1.165, 1.54) is 44.1 Å². The molecular formula is C19H21ClN2OS. The average molecular weight is 361 g/mol. The maximum absolute atomic E-state index is 6.13. The highest BCUT2D eigenvalue weighted by Gasteiger charge is 2.54. The van der Waals surface area contributed by atoms with Gasteiger partial charge in [-0.1, -0.05) is 35.5 Å². The van der Waals surface area contributed by atoms with Crippen LogP contribution in [-0.4, -0.2) is 10.2 Å². The highest BCUT2D eigenvalue weighted by atomic mass is 35.5. The average Bonchev–Trinajstić information content (AvgIpc) is 3.03. The number of thioether (sulfide) groups is 1. The maximum Gasteiger partial charge on any atom is 0.276 e. The Kier molecular flexibility index (Phi) is 3.67. The summed E-state index contributed by atoms with van der Waals surface area (Å²) in [6.07, 6.45) is 8.11. The second-order valence-corrected chi connectivity index (χ2v) is 9.35. The maximum atomic E-state index is 6.13. The van der Waals surface area contributed by atoms with Gasteiger partial charge in [-0.15, -0.1) is 10.2 Å². The van der Waals surface area contributed by atoms with Crippen molar-refractivity contribution >= 4 is 23.4 Å². The van der Waals surface area contributed by atoms with Crippen LogP contribution >= 0.6 is 23.4 Å². The molecule has 6 rings (SSSR count). The summed E-state index contributed by atoms with van der Waals surface area (Å²) in [6, 6.07) is 7.94. The Morgan fingerprint density at radius 3 is 2.25 bits per heavy atom. The van der Waals surface area contributed by atoms with Crippen molar-refractivity contribution in [3.63, 3.8) is 0 Å². The van der Waals surface area contributed by atoms with Crippen LogP contribution in [0, 0.1) is 17.8 Å². The van der Waals surface area contributed by atoms with Gasteiger partial charge in [-0.05, 0) is 74.0 Å². The summed E-state index contributed by atoms with van der Waals surface area (Å²) < 4.78 is 6.13. The lowest BCUT2D eigenvalue weighted by atomic mass is 9.49. The molecule has 3 nitrogen and oxygen atoms in total. The Hall–Kier alpha value is -1.00. The molecule has 24 heavy (non-hydrogen) atoms. The first-order valence-electron chi connectivity index (χ1n) is 8.90. The summed E-state index contributed by atoms with van der Waals surface area (Å²) in [5, 5.41) is 10.3. The predicted octanol–water partition coefficient (Wildman–Crippen LogP) is 5.48. The monoisotopic (exact) mass is 360 g/mol. The van der Waals surface area contributed by atoms with Crippen molar-refractivity contribution in [3.8, 4) is 0 Å². The SMILES string of the molecule is Clc1ccc(CSc2nnc(C34CC5CC(CC(C5)C3)C4)o2)cc1. The van der Waals surface area contributed by atoms with Crippen LogP contribution in [0.3, 0.4) is 0 Å². The quantitative estimate of drug-likeness (QED) is 0.676. The highest BCUT2D eigenvalue weighted by Crippen LogP contribution is 2.60. The molecule has 0 radical (unpaired) electrons. The smallest absolute Gasteiger partial charge is 0.276 e. The lowest BCUT2D eigenvalue weighted by molar-refractivity contribution is -0.0191. The Morgan fingerprint density at radius 1 is 1.00 bits per heavy atom. The van der Waals surface area contributed by atoms with Crippen LogP contribution in [0.4, 0.5) is 0 Å². The standard InChI is InChI=1S/C19H21ClN2OS/c20-16-3-1-12(2-4-16)11-24-18-22-21-17(23-18)19-8-13-5-14(9-19)7-15(6-13)10-19/h1-4,13-15H,5-11H2. The minimum atomic E-state index is 0.195. The molecule has 0 spiro atoms. The molecule has 0 atom stereocenters. The van der Waals surface area contributed by atoms with Gasteiger partial charge in [-0.25, -0.2) is 0 Å². The van der Waals surface area contributed by atoms with Crippen molar-refractivity contribution in [3.05, 3.63) is 40.7 Å². The molecular weight excluding hydrogens is 340 g/mol. The van der Waals surface area contributed by atoms with Crippen LogP contribution in [-0.2, 0) is 11.2 Å². The van der Waals surface area contributed by atoms with Crippen LogP contribution in [0.25, 0.3) is 0 Å². The number of hydrogen-bond acceptors (Lipinski definition) is 4. The number of rotatable bonds is 4. The Balaban J connectivity index is 1.31. The van der Waals surface area contributed by atoms with Crippen LogP contribution in [0.1, 0.15) is 50.0 Å². The molecule has 4 aliphatic carbocycles. The van der Waals surface area contributed by atoms with Gasteiger partial charge in [0.05, 0.1) is 0 Å². The fraction of sp³-hybridized carbons (Fsp3) is 0.579. The molecule has 126 valence electrons. The fourth-order valence-corrected chi connectivity index (χ4v) is 6.43. The van der Waals surface area contributed by atoms with Crippen LogP contribution < -0.4 is 0 Å². The Bertz CT molecular complexity index is 707. The molecule has 0 unspecified atom stereocenters. The molecule has 4 fully saturated rings. The molecule has 4 bridgehead atoms. The van der Waals surface area contributed by atoms with Crippen molar-refractivity contribution in [1.82, 2.24) is 10.2 Å². The predicted molar refractivity (Wildman–Crippen MR) is 95.2 cm³/mol. The first kappa shape index (κ1) is 15.3. The van der Waals surface area contributed by atoms with Gasteiger partial charge in [0.15, 0.2) is 0 Å². The van der Waals surface area contributed by atoms with E-state index in [1.54, 1.807) is 11.8 Å². The van der Waals surface area contributed by atoms with E-state index < -0.39 is 0 Å². The molecule has 1 aromatic heterocycles. The zero-order valence-electron chi connectivity index (χ0n) is 13.6. The molecule has 0 N–H and O–H groups in total. The van der Waals surface area contributed by atoms with Crippen molar-refractivity contribution < 1.29 is 4.42 Å². The van der Waals surface area contributed by atoms with Gasteiger partial charge >= 0.3 is 0 Å². The van der Waals surface area contributed by atoms with E-state index in [2.05, 4.69) is 10.2 Å². The zero-order chi connectivity index (χ0) is 16.1. The van der Waals surface area contributed by atoms with E-state index in [9.17, 15) is 0 Å². The minimum Gasteiger partial charge on any atom is -0.415 e. The molecule has 4 saturated carbocycles. The third kappa shape index (κ3) is 2.68. The molecule has 1 aromatic carbocycles. The lowest BCUT2D eigenvalue weighted by Gasteiger charge is -2.55. The number of hydrogen-bond donors (Lipinski definition) is 0. The zero-order valence-corrected chi connectivity index (χ0v) is 15.2. The van der Waals surface area contributed by atoms with E-state index in [0.29, 0.717) is 5.22 Å². The largest absolute Gasteiger partial charge is 0.415 e. The number of aromatic nitrogens is 2. The lowest BCUT2D eigenvalue weighted by Crippen LogP contribution is -2.48. The van der Waals surface area contributed by atoms with E-state index in [-0.39, 0.29) is 5.41 Å². The first-order valence-corrected chi connectivity index (χ1v) is 10.3. The molecule has 0 amide bonds. The normalized spacial score (nSPS) is 34.0. The molecule has 5 heteroatoms. The van der Waals surface area contributed by atoms with Gasteiger partial charge in [0.2, 0.25) is 5.89 Å². The summed E-state index contributed by atoms with van der Waals surface area (Å²) in [4.78, 5) is 0. The van der Waals surface area contributed by atoms with Crippen molar-refractivity contribution in [1.29, 1.82) is 0 Å². The minimum absolute atomic E-state index is 0.195. The van der Waals surface area contributed by atoms with Gasteiger partial charge in [0.1, 0.15) is 0 Å². The molecule has 2 aromatic rings. The van der Waals surface area contributed by atoms with Gasteiger partial charge in [-0.3, -0.25) is 0 Å². The first-order chi connectivity index (χ1) is 11.7. The summed E-state index contributed by atoms with van der Waals surface area (Å²) >= 11 is 7.56. The molecule has 4 aliphatic rings. The van der Waals surface area contributed by atoms with Crippen molar-refractivity contribution in [2.24, 2.45) is 17.8 Å². The second kappa shape index (κ2) is 5.77. The van der Waals surface area contributed by atoms with Crippen LogP contribution in [0.2, 0.25) is 5.02 Å². The number of benzene rings is 1. The van der Waals surface area contributed by atoms with Gasteiger partial charge in [0, 0.05) is 16.2 Å². The second-order valence-electron chi connectivity index (χ2n) is 7.99. The third-order valence-electron chi connectivity index (χ3n) is 6.17. The van der Waals surface area contributed by atoms with E-state index in [1.807, 2.05) is 24.3 Å². The van der Waals surface area contributed by atoms with Crippen molar-refractivity contribution in [2.75, 3.05) is 0 Å². The van der Waals surface area contributed by atoms with Gasteiger partial charge < -0.3 is 4.42 Å². The summed E-state index contributed by atoms with van der Waals surface area (Å²) in [7, 11) is 0. The van der Waals surface area contributed by atoms with Crippen molar-refractivity contribution in [2.45, 2.75) is 54.9 Å². The Morgan fingerprint density at radius 2 is 1.62 bits per heavy atom. The topological polar surface area (TPSA) is 38.9 Å². The summed E-state index contributed by atoms with van der Waals surface area (Å²) in [5.41, 5.74) is 1.42. The van der Waals surface area contributed by atoms with Crippen LogP contribution in [0.5, 0.6) is 0 Å². The Labute approximate surface area is 151 Å². The summed E-state index contributed by atoms with van der Waals surface area (Å²) in [5.74, 6) is 4.44. The van der Waals surface area contributed by atoms with Gasteiger partial charge in [-0.2, -0.15) is 0 Å². The number of nitrogens with zero attached hydrogens (tertiary/aromatic N) is 2. The van der Waals surface area contributed by atoms with Gasteiger partial charge in [0.25, 0.3) is 5.22 Å². The van der Waals surface area contributed by atoms with E-state index in [0.717, 1.165) is 34.4 Å². The molecule has 0 aliphatic heterocycles. The third-order valence-corrected chi connectivity index (χ3v) is 7.32. The van der Waals surface area contributed by atoms with Crippen LogP contribution in [0.15, 0.2) is 33.9 Å². The fourth-order valence-electron chi connectivity index (χ4n) is 5.58. The summed E-state index contributed by atoms with van der Waals surface area (Å²) in [6.45, 7) is 0. The number of halogens is 1.